The second kappa shape index (κ2) is 6.03. The molecule has 4 nitrogen and oxygen atoms in total. The highest BCUT2D eigenvalue weighted by Crippen LogP contribution is 2.28. The summed E-state index contributed by atoms with van der Waals surface area (Å²) in [6, 6.07) is 1.71. The summed E-state index contributed by atoms with van der Waals surface area (Å²) in [5.74, 6) is -0.189. The Morgan fingerprint density at radius 2 is 2.37 bits per heavy atom. The van der Waals surface area contributed by atoms with Crippen molar-refractivity contribution in [1.82, 2.24) is 5.32 Å². The topological polar surface area (TPSA) is 47.6 Å². The zero-order valence-electron chi connectivity index (χ0n) is 11.7. The van der Waals surface area contributed by atoms with Gasteiger partial charge in [0, 0.05) is 25.0 Å². The van der Waals surface area contributed by atoms with Gasteiger partial charge in [0.15, 0.2) is 0 Å². The van der Waals surface area contributed by atoms with Gasteiger partial charge < -0.3 is 14.8 Å². The third-order valence-corrected chi connectivity index (χ3v) is 4.52. The molecule has 0 radical (unpaired) electrons. The summed E-state index contributed by atoms with van der Waals surface area (Å²) in [5, 5.41) is 5.26. The van der Waals surface area contributed by atoms with Crippen LogP contribution in [0.2, 0.25) is 0 Å². The highest BCUT2D eigenvalue weighted by molar-refractivity contribution is 7.10. The normalized spacial score (nSPS) is 19.0. The molecule has 1 aromatic rings. The number of hydrogen-bond acceptors (Lipinski definition) is 5. The largest absolute Gasteiger partial charge is 0.464 e. The zero-order chi connectivity index (χ0) is 13.9. The van der Waals surface area contributed by atoms with E-state index in [9.17, 15) is 4.79 Å². The van der Waals surface area contributed by atoms with E-state index in [1.54, 1.807) is 18.4 Å². The second-order valence-electron chi connectivity index (χ2n) is 5.32. The van der Waals surface area contributed by atoms with Gasteiger partial charge in [-0.05, 0) is 37.3 Å². The first-order valence-corrected chi connectivity index (χ1v) is 7.43. The number of nitrogens with one attached hydrogen (secondary N) is 1. The Labute approximate surface area is 118 Å². The Balaban J connectivity index is 1.88. The molecule has 1 aliphatic rings. The number of methoxy groups -OCH3 is 1. The van der Waals surface area contributed by atoms with Crippen LogP contribution in [-0.2, 0) is 20.7 Å². The first kappa shape index (κ1) is 14.5. The maximum absolute atomic E-state index is 12.1. The molecule has 0 fully saturated rings. The number of carbonyl (C=O) groups excluding carboxylic acids is 1. The smallest absolute Gasteiger partial charge is 0.327 e. The summed E-state index contributed by atoms with van der Waals surface area (Å²) in [7, 11) is 1.67. The van der Waals surface area contributed by atoms with E-state index in [-0.39, 0.29) is 17.6 Å². The van der Waals surface area contributed by atoms with Gasteiger partial charge in [-0.3, -0.25) is 0 Å². The third kappa shape index (κ3) is 3.55. The lowest BCUT2D eigenvalue weighted by atomic mass is 10.0. The van der Waals surface area contributed by atoms with E-state index in [0.717, 1.165) is 18.5 Å². The molecule has 106 valence electrons. The predicted molar refractivity (Wildman–Crippen MR) is 75.4 cm³/mol. The molecule has 5 heteroatoms. The highest BCUT2D eigenvalue weighted by atomic mass is 32.1. The molecule has 2 rings (SSSR count). The summed E-state index contributed by atoms with van der Waals surface area (Å²) in [4.78, 5) is 13.4. The monoisotopic (exact) mass is 283 g/mol. The molecule has 0 aliphatic carbocycles. The number of hydrogen-bond donors (Lipinski definition) is 1. The summed E-state index contributed by atoms with van der Waals surface area (Å²) >= 11 is 1.71. The van der Waals surface area contributed by atoms with Crippen molar-refractivity contribution < 1.29 is 14.3 Å². The summed E-state index contributed by atoms with van der Waals surface area (Å²) in [5.41, 5.74) is 0.820. The van der Waals surface area contributed by atoms with Gasteiger partial charge in [0.05, 0.1) is 12.2 Å². The van der Waals surface area contributed by atoms with Crippen molar-refractivity contribution in [2.45, 2.75) is 38.3 Å². The average Bonchev–Trinajstić information content (AvgIpc) is 2.86. The molecule has 1 aliphatic heterocycles. The third-order valence-electron chi connectivity index (χ3n) is 3.53. The van der Waals surface area contributed by atoms with Gasteiger partial charge in [-0.15, -0.1) is 11.3 Å². The Hall–Kier alpha value is -0.910. The molecular weight excluding hydrogens is 262 g/mol. The van der Waals surface area contributed by atoms with Crippen LogP contribution in [0.15, 0.2) is 11.4 Å². The molecular formula is C14H21NO3S. The van der Waals surface area contributed by atoms with Crippen LogP contribution in [0.3, 0.4) is 0 Å². The van der Waals surface area contributed by atoms with E-state index in [1.807, 2.05) is 25.3 Å². The maximum atomic E-state index is 12.1. The fourth-order valence-electron chi connectivity index (χ4n) is 2.04. The van der Waals surface area contributed by atoms with Crippen LogP contribution in [0.4, 0.5) is 0 Å². The van der Waals surface area contributed by atoms with Crippen LogP contribution >= 0.6 is 11.3 Å². The standard InChI is InChI=1S/C14H21NO3S/c1-14(2,17-3)6-8-18-13(16)12-10-5-9-19-11(10)4-7-15-12/h5,9,12,15H,4,6-8H2,1-3H3. The van der Waals surface area contributed by atoms with Crippen molar-refractivity contribution in [1.29, 1.82) is 0 Å². The maximum Gasteiger partial charge on any atom is 0.327 e. The molecule has 1 aromatic heterocycles. The first-order chi connectivity index (χ1) is 9.03. The quantitative estimate of drug-likeness (QED) is 0.842. The van der Waals surface area contributed by atoms with E-state index < -0.39 is 0 Å². The molecule has 0 amide bonds. The van der Waals surface area contributed by atoms with E-state index in [2.05, 4.69) is 5.32 Å². The number of thiophene rings is 1. The van der Waals surface area contributed by atoms with Gasteiger partial charge >= 0.3 is 5.97 Å². The molecule has 0 aromatic carbocycles. The highest BCUT2D eigenvalue weighted by Gasteiger charge is 2.28. The lowest BCUT2D eigenvalue weighted by molar-refractivity contribution is -0.148. The van der Waals surface area contributed by atoms with Gasteiger partial charge in [0.2, 0.25) is 0 Å². The van der Waals surface area contributed by atoms with E-state index >= 15 is 0 Å². The van der Waals surface area contributed by atoms with Crippen molar-refractivity contribution in [2.24, 2.45) is 0 Å². The van der Waals surface area contributed by atoms with E-state index in [0.29, 0.717) is 13.0 Å². The number of rotatable bonds is 5. The Bertz CT molecular complexity index is 442. The average molecular weight is 283 g/mol. The predicted octanol–water partition coefficient (Wildman–Crippen LogP) is 2.29. The minimum absolute atomic E-state index is 0.189. The minimum atomic E-state index is -0.305. The van der Waals surface area contributed by atoms with E-state index in [1.165, 1.54) is 4.88 Å². The lowest BCUT2D eigenvalue weighted by Gasteiger charge is -2.25. The molecule has 0 bridgehead atoms. The Morgan fingerprint density at radius 1 is 1.58 bits per heavy atom. The molecule has 19 heavy (non-hydrogen) atoms. The fourth-order valence-corrected chi connectivity index (χ4v) is 2.96. The van der Waals surface area contributed by atoms with Crippen molar-refractivity contribution in [3.05, 3.63) is 21.9 Å². The molecule has 1 atom stereocenters. The van der Waals surface area contributed by atoms with Gasteiger partial charge in [-0.2, -0.15) is 0 Å². The summed E-state index contributed by atoms with van der Waals surface area (Å²) in [6.07, 6.45) is 1.69. The van der Waals surface area contributed by atoms with E-state index in [4.69, 9.17) is 9.47 Å². The van der Waals surface area contributed by atoms with Crippen molar-refractivity contribution in [2.75, 3.05) is 20.3 Å². The molecule has 2 heterocycles. The Morgan fingerprint density at radius 3 is 3.11 bits per heavy atom. The Kier molecular flexibility index (Phi) is 4.60. The summed E-state index contributed by atoms with van der Waals surface area (Å²) in [6.45, 7) is 5.18. The van der Waals surface area contributed by atoms with Crippen LogP contribution in [0.1, 0.15) is 36.8 Å². The molecule has 0 saturated heterocycles. The minimum Gasteiger partial charge on any atom is -0.464 e. The van der Waals surface area contributed by atoms with Crippen LogP contribution in [0.5, 0.6) is 0 Å². The summed E-state index contributed by atoms with van der Waals surface area (Å²) < 4.78 is 10.7. The van der Waals surface area contributed by atoms with Crippen LogP contribution in [0, 0.1) is 0 Å². The number of ether oxygens (including phenoxy) is 2. The van der Waals surface area contributed by atoms with Gasteiger partial charge in [0.25, 0.3) is 0 Å². The zero-order valence-corrected chi connectivity index (χ0v) is 12.5. The van der Waals surface area contributed by atoms with Crippen molar-refractivity contribution in [3.63, 3.8) is 0 Å². The van der Waals surface area contributed by atoms with Gasteiger partial charge in [0.1, 0.15) is 6.04 Å². The van der Waals surface area contributed by atoms with Crippen molar-refractivity contribution in [3.8, 4) is 0 Å². The number of carbonyl (C=O) groups is 1. The number of esters is 1. The second-order valence-corrected chi connectivity index (χ2v) is 6.32. The van der Waals surface area contributed by atoms with Crippen molar-refractivity contribution >= 4 is 17.3 Å². The molecule has 1 N–H and O–H groups in total. The first-order valence-electron chi connectivity index (χ1n) is 6.55. The number of fused-ring (bicyclic) bond motifs is 1. The van der Waals surface area contributed by atoms with Gasteiger partial charge in [-0.1, -0.05) is 0 Å². The van der Waals surface area contributed by atoms with Crippen LogP contribution in [-0.4, -0.2) is 31.8 Å². The lowest BCUT2D eigenvalue weighted by Crippen LogP contribution is -2.36. The SMILES string of the molecule is COC(C)(C)CCOC(=O)C1NCCc2sccc21. The van der Waals surface area contributed by atoms with Crippen LogP contribution in [0.25, 0.3) is 0 Å². The fraction of sp³-hybridized carbons (Fsp3) is 0.643. The molecule has 1 unspecified atom stereocenters. The van der Waals surface area contributed by atoms with Crippen LogP contribution < -0.4 is 5.32 Å². The molecule has 0 spiro atoms. The van der Waals surface area contributed by atoms with Gasteiger partial charge in [-0.25, -0.2) is 4.79 Å². The molecule has 0 saturated carbocycles.